The second-order valence-corrected chi connectivity index (χ2v) is 6.77. The number of amides is 1. The Bertz CT molecular complexity index is 1080. The van der Waals surface area contributed by atoms with Crippen molar-refractivity contribution >= 4 is 17.3 Å². The van der Waals surface area contributed by atoms with Crippen molar-refractivity contribution in [2.24, 2.45) is 0 Å². The average Bonchev–Trinajstić information content (AvgIpc) is 2.74. The van der Waals surface area contributed by atoms with Crippen LogP contribution in [-0.2, 0) is 11.3 Å². The summed E-state index contributed by atoms with van der Waals surface area (Å²) < 4.78 is 1.14. The Morgan fingerprint density at radius 2 is 1.69 bits per heavy atom. The van der Waals surface area contributed by atoms with E-state index in [2.05, 4.69) is 0 Å². The number of benzene rings is 2. The number of nitro groups is 1. The Hall–Kier alpha value is -3.74. The molecule has 0 fully saturated rings. The van der Waals surface area contributed by atoms with Crippen LogP contribution in [0, 0.1) is 17.0 Å². The van der Waals surface area contributed by atoms with Crippen LogP contribution in [0.1, 0.15) is 24.1 Å². The van der Waals surface area contributed by atoms with Crippen LogP contribution in [0.4, 0.5) is 11.4 Å². The topological polar surface area (TPSA) is 85.4 Å². The number of hydrogen-bond acceptors (Lipinski definition) is 4. The largest absolute Gasteiger partial charge is 0.306 e. The highest BCUT2D eigenvalue weighted by Crippen LogP contribution is 2.22. The van der Waals surface area contributed by atoms with Gasteiger partial charge in [0.2, 0.25) is 5.91 Å². The molecule has 3 rings (SSSR count). The Labute approximate surface area is 168 Å². The lowest BCUT2D eigenvalue weighted by Gasteiger charge is -2.27. The molecule has 1 aromatic heterocycles. The number of aromatic nitrogens is 1. The van der Waals surface area contributed by atoms with E-state index in [-0.39, 0.29) is 17.2 Å². The molecular formula is C22H21N3O4. The van der Waals surface area contributed by atoms with Gasteiger partial charge in [0.15, 0.2) is 0 Å². The molecule has 0 aliphatic heterocycles. The molecule has 0 N–H and O–H groups in total. The standard InChI is InChI=1S/C22H21N3O4/c1-16-13-20(25(28)29)15-23(21(16)26)17(2)22(27)24(19-11-7-4-8-12-19)14-18-9-5-3-6-10-18/h3-13,15,17H,14H2,1-2H3. The first-order chi connectivity index (χ1) is 13.9. The van der Waals surface area contributed by atoms with Gasteiger partial charge in [0, 0.05) is 17.3 Å². The van der Waals surface area contributed by atoms with E-state index in [1.165, 1.54) is 13.0 Å². The number of para-hydroxylation sites is 1. The Morgan fingerprint density at radius 1 is 1.10 bits per heavy atom. The second kappa shape index (κ2) is 8.52. The van der Waals surface area contributed by atoms with E-state index in [0.717, 1.165) is 16.3 Å². The van der Waals surface area contributed by atoms with E-state index in [0.29, 0.717) is 12.2 Å². The predicted molar refractivity (Wildman–Crippen MR) is 111 cm³/mol. The maximum absolute atomic E-state index is 13.4. The van der Waals surface area contributed by atoms with E-state index in [9.17, 15) is 19.7 Å². The second-order valence-electron chi connectivity index (χ2n) is 6.77. The van der Waals surface area contributed by atoms with Crippen LogP contribution in [0.15, 0.2) is 77.7 Å². The molecule has 7 nitrogen and oxygen atoms in total. The van der Waals surface area contributed by atoms with Crippen molar-refractivity contribution < 1.29 is 9.72 Å². The number of aryl methyl sites for hydroxylation is 1. The van der Waals surface area contributed by atoms with Crippen LogP contribution in [0.2, 0.25) is 0 Å². The monoisotopic (exact) mass is 391 g/mol. The minimum Gasteiger partial charge on any atom is -0.306 e. The summed E-state index contributed by atoms with van der Waals surface area (Å²) >= 11 is 0. The predicted octanol–water partition coefficient (Wildman–Crippen LogP) is 3.86. The smallest absolute Gasteiger partial charge is 0.286 e. The van der Waals surface area contributed by atoms with Crippen molar-refractivity contribution in [3.05, 3.63) is 105 Å². The molecule has 1 unspecified atom stereocenters. The number of carbonyl (C=O) groups excluding carboxylic acids is 1. The van der Waals surface area contributed by atoms with E-state index < -0.39 is 16.5 Å². The minimum absolute atomic E-state index is 0.216. The zero-order chi connectivity index (χ0) is 21.0. The lowest BCUT2D eigenvalue weighted by atomic mass is 10.1. The van der Waals surface area contributed by atoms with E-state index in [4.69, 9.17) is 0 Å². The summed E-state index contributed by atoms with van der Waals surface area (Å²) in [7, 11) is 0. The van der Waals surface area contributed by atoms with Gasteiger partial charge < -0.3 is 4.90 Å². The van der Waals surface area contributed by atoms with Gasteiger partial charge in [-0.2, -0.15) is 0 Å². The van der Waals surface area contributed by atoms with Crippen molar-refractivity contribution in [2.75, 3.05) is 4.90 Å². The number of rotatable bonds is 6. The zero-order valence-corrected chi connectivity index (χ0v) is 16.2. The lowest BCUT2D eigenvalue weighted by molar-refractivity contribution is -0.385. The number of pyridine rings is 1. The average molecular weight is 391 g/mol. The Kier molecular flexibility index (Phi) is 5.87. The summed E-state index contributed by atoms with van der Waals surface area (Å²) in [6.45, 7) is 3.40. The number of hydrogen-bond donors (Lipinski definition) is 0. The summed E-state index contributed by atoms with van der Waals surface area (Å²) in [5, 5.41) is 11.2. The maximum Gasteiger partial charge on any atom is 0.286 e. The van der Waals surface area contributed by atoms with Crippen LogP contribution in [-0.4, -0.2) is 15.4 Å². The molecule has 29 heavy (non-hydrogen) atoms. The lowest BCUT2D eigenvalue weighted by Crippen LogP contribution is -2.39. The summed E-state index contributed by atoms with van der Waals surface area (Å²) in [6.07, 6.45) is 1.13. The molecule has 0 saturated carbocycles. The molecule has 0 spiro atoms. The quantitative estimate of drug-likeness (QED) is 0.472. The van der Waals surface area contributed by atoms with Gasteiger partial charge >= 0.3 is 0 Å². The summed E-state index contributed by atoms with van der Waals surface area (Å²) in [4.78, 5) is 38.2. The molecule has 148 valence electrons. The van der Waals surface area contributed by atoms with Gasteiger partial charge in [0.05, 0.1) is 17.7 Å². The van der Waals surface area contributed by atoms with Gasteiger partial charge in [0.1, 0.15) is 6.04 Å². The first-order valence-corrected chi connectivity index (χ1v) is 9.16. The van der Waals surface area contributed by atoms with Crippen molar-refractivity contribution in [2.45, 2.75) is 26.4 Å². The highest BCUT2D eigenvalue weighted by atomic mass is 16.6. The Morgan fingerprint density at radius 3 is 2.28 bits per heavy atom. The first kappa shape index (κ1) is 20.0. The molecule has 0 aliphatic rings. The van der Waals surface area contributed by atoms with Gasteiger partial charge in [0.25, 0.3) is 11.2 Å². The number of nitrogens with zero attached hydrogens (tertiary/aromatic N) is 3. The van der Waals surface area contributed by atoms with Crippen LogP contribution in [0.25, 0.3) is 0 Å². The van der Waals surface area contributed by atoms with Crippen molar-refractivity contribution in [1.82, 2.24) is 4.57 Å². The fourth-order valence-corrected chi connectivity index (χ4v) is 3.13. The van der Waals surface area contributed by atoms with Crippen LogP contribution in [0.5, 0.6) is 0 Å². The van der Waals surface area contributed by atoms with E-state index in [1.807, 2.05) is 60.7 Å². The molecule has 2 aromatic carbocycles. The maximum atomic E-state index is 13.4. The molecule has 0 bridgehead atoms. The minimum atomic E-state index is -0.912. The highest BCUT2D eigenvalue weighted by Gasteiger charge is 2.26. The fourth-order valence-electron chi connectivity index (χ4n) is 3.13. The third-order valence-electron chi connectivity index (χ3n) is 4.71. The van der Waals surface area contributed by atoms with Crippen LogP contribution in [0.3, 0.4) is 0 Å². The van der Waals surface area contributed by atoms with Crippen molar-refractivity contribution in [1.29, 1.82) is 0 Å². The summed E-state index contributed by atoms with van der Waals surface area (Å²) in [6, 6.07) is 18.9. The first-order valence-electron chi connectivity index (χ1n) is 9.16. The summed E-state index contributed by atoms with van der Waals surface area (Å²) in [5.74, 6) is -0.331. The number of carbonyl (C=O) groups is 1. The van der Waals surface area contributed by atoms with Crippen molar-refractivity contribution in [3.8, 4) is 0 Å². The van der Waals surface area contributed by atoms with Crippen LogP contribution < -0.4 is 10.5 Å². The van der Waals surface area contributed by atoms with E-state index in [1.54, 1.807) is 11.8 Å². The van der Waals surface area contributed by atoms with Gasteiger partial charge in [-0.1, -0.05) is 48.5 Å². The fraction of sp³-hybridized carbons (Fsp3) is 0.182. The highest BCUT2D eigenvalue weighted by molar-refractivity contribution is 5.95. The van der Waals surface area contributed by atoms with Gasteiger partial charge in [-0.15, -0.1) is 0 Å². The molecule has 0 aliphatic carbocycles. The molecule has 1 heterocycles. The molecule has 0 radical (unpaired) electrons. The number of anilines is 1. The normalized spacial score (nSPS) is 11.7. The molecule has 1 atom stereocenters. The van der Waals surface area contributed by atoms with Gasteiger partial charge in [-0.25, -0.2) is 0 Å². The molecule has 3 aromatic rings. The summed E-state index contributed by atoms with van der Waals surface area (Å²) in [5.41, 5.74) is 1.18. The van der Waals surface area contributed by atoms with Crippen molar-refractivity contribution in [3.63, 3.8) is 0 Å². The SMILES string of the molecule is Cc1cc([N+](=O)[O-])cn(C(C)C(=O)N(Cc2ccccc2)c2ccccc2)c1=O. The van der Waals surface area contributed by atoms with Gasteiger partial charge in [-0.05, 0) is 31.5 Å². The molecule has 7 heteroatoms. The molecular weight excluding hydrogens is 370 g/mol. The molecule has 1 amide bonds. The van der Waals surface area contributed by atoms with E-state index >= 15 is 0 Å². The third kappa shape index (κ3) is 4.40. The van der Waals surface area contributed by atoms with Gasteiger partial charge in [-0.3, -0.25) is 24.3 Å². The zero-order valence-electron chi connectivity index (χ0n) is 16.2. The molecule has 0 saturated heterocycles. The van der Waals surface area contributed by atoms with Crippen LogP contribution >= 0.6 is 0 Å². The third-order valence-corrected chi connectivity index (χ3v) is 4.71. The Balaban J connectivity index is 2.02.